The summed E-state index contributed by atoms with van der Waals surface area (Å²) in [4.78, 5) is 20.4. The Bertz CT molecular complexity index is 241. The molecule has 0 radical (unpaired) electrons. The Labute approximate surface area is 74.3 Å². The van der Waals surface area contributed by atoms with Gasteiger partial charge in [-0.15, -0.1) is 0 Å². The molecule has 0 bridgehead atoms. The first-order valence-corrected chi connectivity index (χ1v) is 4.08. The smallest absolute Gasteiger partial charge is 0.343 e. The minimum atomic E-state index is -2.16. The molecule has 13 heavy (non-hydrogen) atoms. The Morgan fingerprint density at radius 3 is 2.54 bits per heavy atom. The van der Waals surface area contributed by atoms with Crippen LogP contribution in [0.1, 0.15) is 25.7 Å². The summed E-state index contributed by atoms with van der Waals surface area (Å²) in [5, 5.41) is 28.7. The van der Waals surface area contributed by atoms with Gasteiger partial charge in [-0.2, -0.15) is 0 Å². The molecule has 0 saturated heterocycles. The van der Waals surface area contributed by atoms with Crippen molar-refractivity contribution in [2.75, 3.05) is 0 Å². The van der Waals surface area contributed by atoms with Gasteiger partial charge in [0.15, 0.2) is 0 Å². The highest BCUT2D eigenvalue weighted by atomic mass is 16.6. The summed E-state index contributed by atoms with van der Waals surface area (Å²) in [6.45, 7) is 0. The van der Waals surface area contributed by atoms with E-state index in [1.807, 2.05) is 0 Å². The molecule has 2 N–H and O–H groups in total. The van der Waals surface area contributed by atoms with Crippen LogP contribution >= 0.6 is 0 Å². The molecule has 0 heterocycles. The fourth-order valence-electron chi connectivity index (χ4n) is 1.67. The lowest BCUT2D eigenvalue weighted by Crippen LogP contribution is -2.54. The van der Waals surface area contributed by atoms with Crippen molar-refractivity contribution < 1.29 is 19.9 Å². The summed E-state index contributed by atoms with van der Waals surface area (Å²) in [5.74, 6) is -1.49. The van der Waals surface area contributed by atoms with Gasteiger partial charge in [0.2, 0.25) is 5.60 Å². The fourth-order valence-corrected chi connectivity index (χ4v) is 1.67. The highest BCUT2D eigenvalue weighted by Gasteiger charge is 2.53. The number of carbonyl (C=O) groups is 1. The van der Waals surface area contributed by atoms with Gasteiger partial charge >= 0.3 is 5.97 Å². The average molecular weight is 189 g/mol. The summed E-state index contributed by atoms with van der Waals surface area (Å²) in [5.41, 5.74) is -2.16. The molecule has 0 spiro atoms. The molecule has 0 aromatic carbocycles. The predicted octanol–water partition coefficient (Wildman–Crippen LogP) is 0.0214. The van der Waals surface area contributed by atoms with Crippen LogP contribution in [0.15, 0.2) is 0 Å². The number of nitro groups is 1. The first-order chi connectivity index (χ1) is 5.98. The number of carboxylic acids is 1. The largest absolute Gasteiger partial charge is 0.479 e. The lowest BCUT2D eigenvalue weighted by Gasteiger charge is -2.29. The van der Waals surface area contributed by atoms with E-state index >= 15 is 0 Å². The fraction of sp³-hybridized carbons (Fsp3) is 0.857. The van der Waals surface area contributed by atoms with E-state index < -0.39 is 22.5 Å². The van der Waals surface area contributed by atoms with Crippen LogP contribution in [0.25, 0.3) is 0 Å². The SMILES string of the molecule is O=C(O)C1(O)CCCCC1[N+](=O)[O-]. The monoisotopic (exact) mass is 189 g/mol. The molecular weight excluding hydrogens is 178 g/mol. The first-order valence-electron chi connectivity index (χ1n) is 4.08. The maximum atomic E-state index is 10.6. The second-order valence-electron chi connectivity index (χ2n) is 3.28. The number of aliphatic hydroxyl groups is 1. The molecule has 6 nitrogen and oxygen atoms in total. The molecule has 1 rings (SSSR count). The van der Waals surface area contributed by atoms with E-state index in [0.29, 0.717) is 12.8 Å². The standard InChI is InChI=1S/C7H11NO5/c9-6(10)7(11)4-2-1-3-5(7)8(12)13/h5,11H,1-4H2,(H,9,10). The quantitative estimate of drug-likeness (QED) is 0.471. The van der Waals surface area contributed by atoms with Crippen LogP contribution in [0.4, 0.5) is 0 Å². The molecule has 0 amide bonds. The van der Waals surface area contributed by atoms with Crippen LogP contribution in [0.3, 0.4) is 0 Å². The Hall–Kier alpha value is -1.17. The van der Waals surface area contributed by atoms with Crippen molar-refractivity contribution in [2.45, 2.75) is 37.3 Å². The van der Waals surface area contributed by atoms with Gasteiger partial charge < -0.3 is 10.2 Å². The van der Waals surface area contributed by atoms with E-state index in [-0.39, 0.29) is 12.8 Å². The third-order valence-corrected chi connectivity index (χ3v) is 2.46. The molecule has 2 unspecified atom stereocenters. The van der Waals surface area contributed by atoms with Crippen LogP contribution in [-0.2, 0) is 4.79 Å². The van der Waals surface area contributed by atoms with E-state index in [9.17, 15) is 20.0 Å². The Morgan fingerprint density at radius 2 is 2.15 bits per heavy atom. The molecule has 6 heteroatoms. The Morgan fingerprint density at radius 1 is 1.54 bits per heavy atom. The minimum absolute atomic E-state index is 0.0337. The molecule has 0 aliphatic heterocycles. The van der Waals surface area contributed by atoms with Crippen molar-refractivity contribution in [1.29, 1.82) is 0 Å². The zero-order valence-corrected chi connectivity index (χ0v) is 6.97. The third-order valence-electron chi connectivity index (χ3n) is 2.46. The van der Waals surface area contributed by atoms with Gasteiger partial charge in [-0.3, -0.25) is 10.1 Å². The highest BCUT2D eigenvalue weighted by molar-refractivity contribution is 5.78. The maximum Gasteiger partial charge on any atom is 0.343 e. The minimum Gasteiger partial charge on any atom is -0.479 e. The second kappa shape index (κ2) is 3.29. The van der Waals surface area contributed by atoms with E-state index in [1.54, 1.807) is 0 Å². The summed E-state index contributed by atoms with van der Waals surface area (Å²) in [6, 6.07) is -1.36. The van der Waals surface area contributed by atoms with Crippen LogP contribution in [0.5, 0.6) is 0 Å². The molecule has 1 aliphatic carbocycles. The second-order valence-corrected chi connectivity index (χ2v) is 3.28. The highest BCUT2D eigenvalue weighted by Crippen LogP contribution is 2.30. The molecule has 0 aromatic heterocycles. The number of hydrogen-bond acceptors (Lipinski definition) is 4. The molecule has 1 saturated carbocycles. The average Bonchev–Trinajstić information content (AvgIpc) is 2.04. The van der Waals surface area contributed by atoms with Crippen LogP contribution in [-0.4, -0.2) is 32.7 Å². The summed E-state index contributed by atoms with van der Waals surface area (Å²) < 4.78 is 0. The predicted molar refractivity (Wildman–Crippen MR) is 41.8 cm³/mol. The van der Waals surface area contributed by atoms with Gasteiger partial charge in [0, 0.05) is 11.3 Å². The Balaban J connectivity index is 2.89. The summed E-state index contributed by atoms with van der Waals surface area (Å²) in [7, 11) is 0. The van der Waals surface area contributed by atoms with Gasteiger partial charge in [-0.1, -0.05) is 0 Å². The number of aliphatic carboxylic acids is 1. The van der Waals surface area contributed by atoms with Gasteiger partial charge in [-0.25, -0.2) is 4.79 Å². The molecule has 2 atom stereocenters. The summed E-state index contributed by atoms with van der Waals surface area (Å²) in [6.07, 6.45) is 1.22. The molecule has 1 aliphatic rings. The van der Waals surface area contributed by atoms with Crippen molar-refractivity contribution in [3.63, 3.8) is 0 Å². The third kappa shape index (κ3) is 1.62. The number of carboxylic acid groups (broad SMARTS) is 1. The van der Waals surface area contributed by atoms with Crippen molar-refractivity contribution in [1.82, 2.24) is 0 Å². The molecule has 1 fully saturated rings. The Kier molecular flexibility index (Phi) is 2.51. The van der Waals surface area contributed by atoms with Crippen molar-refractivity contribution in [3.8, 4) is 0 Å². The lowest BCUT2D eigenvalue weighted by atomic mass is 9.81. The topological polar surface area (TPSA) is 101 Å². The zero-order valence-electron chi connectivity index (χ0n) is 6.97. The lowest BCUT2D eigenvalue weighted by molar-refractivity contribution is -0.545. The van der Waals surface area contributed by atoms with Crippen molar-refractivity contribution in [2.24, 2.45) is 0 Å². The molecule has 0 aromatic rings. The normalized spacial score (nSPS) is 34.1. The first kappa shape index (κ1) is 9.91. The van der Waals surface area contributed by atoms with Crippen molar-refractivity contribution >= 4 is 5.97 Å². The van der Waals surface area contributed by atoms with E-state index in [4.69, 9.17) is 5.11 Å². The van der Waals surface area contributed by atoms with Gasteiger partial charge in [0.25, 0.3) is 6.04 Å². The van der Waals surface area contributed by atoms with Crippen LogP contribution in [0.2, 0.25) is 0 Å². The van der Waals surface area contributed by atoms with Crippen molar-refractivity contribution in [3.05, 3.63) is 10.1 Å². The van der Waals surface area contributed by atoms with Gasteiger partial charge in [-0.05, 0) is 19.3 Å². The zero-order chi connectivity index (χ0) is 10.1. The van der Waals surface area contributed by atoms with Crippen LogP contribution < -0.4 is 0 Å². The molecule has 74 valence electrons. The maximum absolute atomic E-state index is 10.6. The molecular formula is C7H11NO5. The number of hydrogen-bond donors (Lipinski definition) is 2. The van der Waals surface area contributed by atoms with Gasteiger partial charge in [0.05, 0.1) is 0 Å². The summed E-state index contributed by atoms with van der Waals surface area (Å²) >= 11 is 0. The van der Waals surface area contributed by atoms with Crippen LogP contribution in [0, 0.1) is 10.1 Å². The number of nitrogens with zero attached hydrogens (tertiary/aromatic N) is 1. The van der Waals surface area contributed by atoms with Gasteiger partial charge in [0.1, 0.15) is 0 Å². The van der Waals surface area contributed by atoms with E-state index in [1.165, 1.54) is 0 Å². The van der Waals surface area contributed by atoms with E-state index in [0.717, 1.165) is 0 Å². The van der Waals surface area contributed by atoms with E-state index in [2.05, 4.69) is 0 Å². The number of rotatable bonds is 2.